The molecule has 0 saturated heterocycles. The van der Waals surface area contributed by atoms with Crippen molar-refractivity contribution in [1.82, 2.24) is 0 Å². The van der Waals surface area contributed by atoms with E-state index in [1.165, 1.54) is 25.1 Å². The third-order valence-electron chi connectivity index (χ3n) is 3.05. The Labute approximate surface area is 108 Å². The summed E-state index contributed by atoms with van der Waals surface area (Å²) in [5.41, 5.74) is 0.354. The van der Waals surface area contributed by atoms with E-state index in [9.17, 15) is 13.2 Å². The van der Waals surface area contributed by atoms with Crippen LogP contribution in [0.3, 0.4) is 0 Å². The first-order valence-corrected chi connectivity index (χ1v) is 7.43. The standard InChI is InChI=1S/C13H18O4S/c1-4-6-9(2)18(16,17)12-8-5-7-11(10(12)3)13(14)15/h5,7-9H,4,6H2,1-3H3,(H,14,15). The summed E-state index contributed by atoms with van der Waals surface area (Å²) in [5.74, 6) is -1.10. The first-order valence-electron chi connectivity index (χ1n) is 5.89. The lowest BCUT2D eigenvalue weighted by Crippen LogP contribution is -2.19. The highest BCUT2D eigenvalue weighted by molar-refractivity contribution is 7.92. The van der Waals surface area contributed by atoms with E-state index in [0.717, 1.165) is 6.42 Å². The average Bonchev–Trinajstić information content (AvgIpc) is 2.28. The number of carboxylic acid groups (broad SMARTS) is 1. The smallest absolute Gasteiger partial charge is 0.335 e. The van der Waals surface area contributed by atoms with E-state index in [0.29, 0.717) is 12.0 Å². The van der Waals surface area contributed by atoms with Crippen LogP contribution < -0.4 is 0 Å². The topological polar surface area (TPSA) is 71.4 Å². The molecule has 0 fully saturated rings. The summed E-state index contributed by atoms with van der Waals surface area (Å²) in [6.07, 6.45) is 1.34. The van der Waals surface area contributed by atoms with Crippen LogP contribution in [-0.4, -0.2) is 24.7 Å². The second-order valence-corrected chi connectivity index (χ2v) is 6.71. The molecule has 1 rings (SSSR count). The molecule has 0 aliphatic heterocycles. The van der Waals surface area contributed by atoms with Gasteiger partial charge in [0.15, 0.2) is 9.84 Å². The number of benzene rings is 1. The Morgan fingerprint density at radius 1 is 1.39 bits per heavy atom. The molecular formula is C13H18O4S. The normalized spacial score (nSPS) is 13.3. The monoisotopic (exact) mass is 270 g/mol. The van der Waals surface area contributed by atoms with Crippen molar-refractivity contribution in [2.75, 3.05) is 0 Å². The maximum atomic E-state index is 12.3. The summed E-state index contributed by atoms with van der Waals surface area (Å²) in [7, 11) is -3.45. The van der Waals surface area contributed by atoms with Crippen LogP contribution in [0.15, 0.2) is 23.1 Å². The molecular weight excluding hydrogens is 252 g/mol. The van der Waals surface area contributed by atoms with Crippen LogP contribution in [0.5, 0.6) is 0 Å². The fraction of sp³-hybridized carbons (Fsp3) is 0.462. The molecule has 0 radical (unpaired) electrons. The van der Waals surface area contributed by atoms with Crippen LogP contribution in [0.4, 0.5) is 0 Å². The van der Waals surface area contributed by atoms with Crippen molar-refractivity contribution in [3.63, 3.8) is 0 Å². The predicted molar refractivity (Wildman–Crippen MR) is 69.7 cm³/mol. The molecule has 0 bridgehead atoms. The quantitative estimate of drug-likeness (QED) is 0.892. The van der Waals surface area contributed by atoms with Crippen LogP contribution in [0.1, 0.15) is 42.6 Å². The summed E-state index contributed by atoms with van der Waals surface area (Å²) in [5, 5.41) is 8.51. The van der Waals surface area contributed by atoms with Gasteiger partial charge in [0.05, 0.1) is 15.7 Å². The van der Waals surface area contributed by atoms with E-state index in [-0.39, 0.29) is 10.5 Å². The predicted octanol–water partition coefficient (Wildman–Crippen LogP) is 2.66. The minimum absolute atomic E-state index is 0.0415. The van der Waals surface area contributed by atoms with Crippen LogP contribution >= 0.6 is 0 Å². The first kappa shape index (κ1) is 14.7. The van der Waals surface area contributed by atoms with Gasteiger partial charge in [-0.15, -0.1) is 0 Å². The van der Waals surface area contributed by atoms with Gasteiger partial charge in [0.25, 0.3) is 0 Å². The number of aromatic carboxylic acids is 1. The van der Waals surface area contributed by atoms with Crippen LogP contribution in [0.2, 0.25) is 0 Å². The third kappa shape index (κ3) is 2.72. The third-order valence-corrected chi connectivity index (χ3v) is 5.40. The van der Waals surface area contributed by atoms with Crippen molar-refractivity contribution in [3.8, 4) is 0 Å². The van der Waals surface area contributed by atoms with Gasteiger partial charge in [-0.3, -0.25) is 0 Å². The van der Waals surface area contributed by atoms with Crippen LogP contribution in [0, 0.1) is 6.92 Å². The first-order chi connectivity index (χ1) is 8.32. The van der Waals surface area contributed by atoms with Crippen molar-refractivity contribution in [2.24, 2.45) is 0 Å². The molecule has 1 aromatic rings. The van der Waals surface area contributed by atoms with Crippen molar-refractivity contribution >= 4 is 15.8 Å². The molecule has 1 aromatic carbocycles. The maximum Gasteiger partial charge on any atom is 0.335 e. The molecule has 0 aliphatic carbocycles. The molecule has 0 amide bonds. The number of sulfone groups is 1. The van der Waals surface area contributed by atoms with Crippen molar-refractivity contribution in [1.29, 1.82) is 0 Å². The van der Waals surface area contributed by atoms with E-state index < -0.39 is 21.1 Å². The largest absolute Gasteiger partial charge is 0.478 e. The summed E-state index contributed by atoms with van der Waals surface area (Å²) in [6, 6.07) is 4.37. The van der Waals surface area contributed by atoms with Gasteiger partial charge in [-0.1, -0.05) is 19.4 Å². The van der Waals surface area contributed by atoms with Crippen LogP contribution in [-0.2, 0) is 9.84 Å². The number of hydrogen-bond acceptors (Lipinski definition) is 3. The van der Waals surface area contributed by atoms with E-state index in [2.05, 4.69) is 0 Å². The van der Waals surface area contributed by atoms with Crippen molar-refractivity contribution < 1.29 is 18.3 Å². The number of carboxylic acids is 1. The fourth-order valence-electron chi connectivity index (χ4n) is 1.93. The zero-order chi connectivity index (χ0) is 13.9. The van der Waals surface area contributed by atoms with Gasteiger partial charge in [0.2, 0.25) is 0 Å². The molecule has 4 nitrogen and oxygen atoms in total. The number of carbonyl (C=O) groups is 1. The molecule has 18 heavy (non-hydrogen) atoms. The van der Waals surface area contributed by atoms with E-state index in [1.807, 2.05) is 6.92 Å². The highest BCUT2D eigenvalue weighted by atomic mass is 32.2. The van der Waals surface area contributed by atoms with E-state index >= 15 is 0 Å². The highest BCUT2D eigenvalue weighted by Crippen LogP contribution is 2.24. The minimum atomic E-state index is -3.45. The Bertz CT molecular complexity index is 546. The second-order valence-electron chi connectivity index (χ2n) is 4.38. The summed E-state index contributed by atoms with van der Waals surface area (Å²) in [6.45, 7) is 5.12. The molecule has 1 N–H and O–H groups in total. The highest BCUT2D eigenvalue weighted by Gasteiger charge is 2.26. The van der Waals surface area contributed by atoms with Crippen LogP contribution in [0.25, 0.3) is 0 Å². The average molecular weight is 270 g/mol. The van der Waals surface area contributed by atoms with Gasteiger partial charge < -0.3 is 5.11 Å². The molecule has 0 aliphatic rings. The second kappa shape index (κ2) is 5.52. The zero-order valence-corrected chi connectivity index (χ0v) is 11.6. The Morgan fingerprint density at radius 3 is 2.50 bits per heavy atom. The molecule has 0 saturated carbocycles. The Hall–Kier alpha value is -1.36. The number of rotatable bonds is 5. The lowest BCUT2D eigenvalue weighted by Gasteiger charge is -2.15. The van der Waals surface area contributed by atoms with Gasteiger partial charge in [0.1, 0.15) is 0 Å². The molecule has 1 atom stereocenters. The molecule has 5 heteroatoms. The SMILES string of the molecule is CCCC(C)S(=O)(=O)c1cccc(C(=O)O)c1C. The maximum absolute atomic E-state index is 12.3. The Balaban J connectivity index is 3.34. The molecule has 100 valence electrons. The zero-order valence-electron chi connectivity index (χ0n) is 10.8. The van der Waals surface area contributed by atoms with Gasteiger partial charge in [-0.2, -0.15) is 0 Å². The summed E-state index contributed by atoms with van der Waals surface area (Å²) >= 11 is 0. The number of hydrogen-bond donors (Lipinski definition) is 1. The molecule has 0 aromatic heterocycles. The van der Waals surface area contributed by atoms with Gasteiger partial charge in [-0.05, 0) is 38.0 Å². The van der Waals surface area contributed by atoms with E-state index in [4.69, 9.17) is 5.11 Å². The lowest BCUT2D eigenvalue weighted by atomic mass is 10.1. The van der Waals surface area contributed by atoms with Gasteiger partial charge in [0, 0.05) is 0 Å². The summed E-state index contributed by atoms with van der Waals surface area (Å²) in [4.78, 5) is 11.1. The Kier molecular flexibility index (Phi) is 4.51. The Morgan fingerprint density at radius 2 is 2.00 bits per heavy atom. The van der Waals surface area contributed by atoms with Gasteiger partial charge >= 0.3 is 5.97 Å². The molecule has 1 unspecified atom stereocenters. The molecule has 0 spiro atoms. The van der Waals surface area contributed by atoms with Crippen molar-refractivity contribution in [2.45, 2.75) is 43.8 Å². The molecule has 0 heterocycles. The lowest BCUT2D eigenvalue weighted by molar-refractivity contribution is 0.0696. The summed E-state index contributed by atoms with van der Waals surface area (Å²) < 4.78 is 24.6. The van der Waals surface area contributed by atoms with Gasteiger partial charge in [-0.25, -0.2) is 13.2 Å². The fourth-order valence-corrected chi connectivity index (χ4v) is 3.72. The van der Waals surface area contributed by atoms with E-state index in [1.54, 1.807) is 6.92 Å². The van der Waals surface area contributed by atoms with Crippen molar-refractivity contribution in [3.05, 3.63) is 29.3 Å². The minimum Gasteiger partial charge on any atom is -0.478 e.